The second-order valence-corrected chi connectivity index (χ2v) is 4.72. The minimum Gasteiger partial charge on any atom is -0.496 e. The summed E-state index contributed by atoms with van der Waals surface area (Å²) in [6.45, 7) is 7.19. The largest absolute Gasteiger partial charge is 0.496 e. The van der Waals surface area contributed by atoms with Gasteiger partial charge in [0, 0.05) is 23.4 Å². The zero-order chi connectivity index (χ0) is 15.2. The third-order valence-electron chi connectivity index (χ3n) is 3.24. The van der Waals surface area contributed by atoms with Crippen LogP contribution in [0.1, 0.15) is 23.7 Å². The van der Waals surface area contributed by atoms with Crippen LogP contribution in [-0.4, -0.2) is 23.7 Å². The van der Waals surface area contributed by atoms with E-state index < -0.39 is 0 Å². The Balaban J connectivity index is 2.06. The fraction of sp³-hybridized carbons (Fsp3) is 0.375. The first-order chi connectivity index (χ1) is 10.2. The van der Waals surface area contributed by atoms with Gasteiger partial charge in [0.2, 0.25) is 5.88 Å². The number of methoxy groups -OCH3 is 1. The number of pyridine rings is 2. The molecule has 0 aliphatic heterocycles. The van der Waals surface area contributed by atoms with Crippen LogP contribution >= 0.6 is 0 Å². The highest BCUT2D eigenvalue weighted by molar-refractivity contribution is 5.45. The second-order valence-electron chi connectivity index (χ2n) is 4.72. The predicted molar refractivity (Wildman–Crippen MR) is 83.0 cm³/mol. The molecule has 0 radical (unpaired) electrons. The number of aromatic nitrogens is 2. The number of aryl methyl sites for hydroxylation is 1. The molecule has 1 N–H and O–H groups in total. The molecule has 2 aromatic heterocycles. The summed E-state index contributed by atoms with van der Waals surface area (Å²) in [7, 11) is 1.68. The van der Waals surface area contributed by atoms with Crippen LogP contribution in [0.4, 0.5) is 5.69 Å². The Hall–Kier alpha value is -2.30. The van der Waals surface area contributed by atoms with Crippen LogP contribution in [0.2, 0.25) is 0 Å². The van der Waals surface area contributed by atoms with Gasteiger partial charge >= 0.3 is 0 Å². The van der Waals surface area contributed by atoms with E-state index >= 15 is 0 Å². The summed E-state index contributed by atoms with van der Waals surface area (Å²) in [5.74, 6) is 1.53. The van der Waals surface area contributed by atoms with Crippen molar-refractivity contribution in [2.75, 3.05) is 19.0 Å². The molecule has 2 aromatic rings. The first-order valence-corrected chi connectivity index (χ1v) is 6.97. The summed E-state index contributed by atoms with van der Waals surface area (Å²) in [5.41, 5.74) is 4.00. The Kier molecular flexibility index (Phi) is 4.98. The first-order valence-electron chi connectivity index (χ1n) is 6.97. The van der Waals surface area contributed by atoms with Gasteiger partial charge in [-0.15, -0.1) is 0 Å². The van der Waals surface area contributed by atoms with Crippen LogP contribution in [0.3, 0.4) is 0 Å². The van der Waals surface area contributed by atoms with Gasteiger partial charge in [-0.05, 0) is 26.8 Å². The summed E-state index contributed by atoms with van der Waals surface area (Å²) in [6.07, 6.45) is 3.59. The van der Waals surface area contributed by atoms with E-state index in [9.17, 15) is 0 Å². The SMILES string of the molecule is CCOc1ccc(NCc2ncc(C)c(OC)c2C)cn1. The number of hydrogen-bond donors (Lipinski definition) is 1. The molecule has 0 aromatic carbocycles. The lowest BCUT2D eigenvalue weighted by Gasteiger charge is -2.13. The van der Waals surface area contributed by atoms with E-state index in [4.69, 9.17) is 9.47 Å². The topological polar surface area (TPSA) is 56.3 Å². The predicted octanol–water partition coefficient (Wildman–Crippen LogP) is 3.11. The summed E-state index contributed by atoms with van der Waals surface area (Å²) in [5, 5.41) is 3.31. The smallest absolute Gasteiger partial charge is 0.213 e. The Labute approximate surface area is 125 Å². The van der Waals surface area contributed by atoms with E-state index in [1.165, 1.54) is 0 Å². The Morgan fingerprint density at radius 2 is 1.95 bits per heavy atom. The van der Waals surface area contributed by atoms with Gasteiger partial charge in [-0.3, -0.25) is 4.98 Å². The molecule has 0 saturated heterocycles. The zero-order valence-corrected chi connectivity index (χ0v) is 12.9. The number of ether oxygens (including phenoxy) is 2. The average molecular weight is 287 g/mol. The standard InChI is InChI=1S/C16H21N3O2/c1-5-21-15-7-6-13(9-19-15)17-10-14-12(3)16(20-4)11(2)8-18-14/h6-9,17H,5,10H2,1-4H3. The first kappa shape index (κ1) is 15.1. The molecule has 0 bridgehead atoms. The second kappa shape index (κ2) is 6.92. The summed E-state index contributed by atoms with van der Waals surface area (Å²) in [6, 6.07) is 3.79. The monoisotopic (exact) mass is 287 g/mol. The lowest BCUT2D eigenvalue weighted by molar-refractivity contribution is 0.327. The molecule has 0 spiro atoms. The average Bonchev–Trinajstić information content (AvgIpc) is 2.49. The molecule has 0 aliphatic rings. The van der Waals surface area contributed by atoms with Gasteiger partial charge in [0.05, 0.1) is 37.8 Å². The Morgan fingerprint density at radius 1 is 1.14 bits per heavy atom. The van der Waals surface area contributed by atoms with Crippen molar-refractivity contribution in [3.8, 4) is 11.6 Å². The molecule has 0 saturated carbocycles. The third-order valence-corrected chi connectivity index (χ3v) is 3.24. The molecule has 0 amide bonds. The van der Waals surface area contributed by atoms with Gasteiger partial charge in [-0.2, -0.15) is 0 Å². The minimum atomic E-state index is 0.617. The van der Waals surface area contributed by atoms with Crippen LogP contribution in [0, 0.1) is 13.8 Å². The zero-order valence-electron chi connectivity index (χ0n) is 12.9. The molecular weight excluding hydrogens is 266 g/mol. The molecule has 0 atom stereocenters. The van der Waals surface area contributed by atoms with Gasteiger partial charge in [-0.1, -0.05) is 0 Å². The van der Waals surface area contributed by atoms with Crippen molar-refractivity contribution in [3.05, 3.63) is 41.3 Å². The normalized spacial score (nSPS) is 10.3. The van der Waals surface area contributed by atoms with Crippen molar-refractivity contribution in [2.45, 2.75) is 27.3 Å². The van der Waals surface area contributed by atoms with Crippen LogP contribution in [-0.2, 0) is 6.54 Å². The minimum absolute atomic E-state index is 0.617. The maximum atomic E-state index is 5.41. The molecule has 21 heavy (non-hydrogen) atoms. The molecule has 112 valence electrons. The summed E-state index contributed by atoms with van der Waals surface area (Å²) >= 11 is 0. The summed E-state index contributed by atoms with van der Waals surface area (Å²) in [4.78, 5) is 8.68. The number of anilines is 1. The molecule has 5 heteroatoms. The van der Waals surface area contributed by atoms with Crippen LogP contribution in [0.25, 0.3) is 0 Å². The van der Waals surface area contributed by atoms with E-state index in [0.29, 0.717) is 19.0 Å². The third kappa shape index (κ3) is 3.62. The molecule has 0 fully saturated rings. The number of rotatable bonds is 6. The van der Waals surface area contributed by atoms with E-state index in [2.05, 4.69) is 15.3 Å². The van der Waals surface area contributed by atoms with Crippen molar-refractivity contribution in [3.63, 3.8) is 0 Å². The van der Waals surface area contributed by atoms with E-state index in [1.54, 1.807) is 13.3 Å². The maximum Gasteiger partial charge on any atom is 0.213 e. The lowest BCUT2D eigenvalue weighted by Crippen LogP contribution is -2.06. The van der Waals surface area contributed by atoms with Gasteiger partial charge in [0.15, 0.2) is 0 Å². The van der Waals surface area contributed by atoms with E-state index in [-0.39, 0.29) is 0 Å². The van der Waals surface area contributed by atoms with Crippen LogP contribution in [0.5, 0.6) is 11.6 Å². The fourth-order valence-corrected chi connectivity index (χ4v) is 2.15. The Bertz CT molecular complexity index is 597. The highest BCUT2D eigenvalue weighted by Gasteiger charge is 2.09. The highest BCUT2D eigenvalue weighted by atomic mass is 16.5. The van der Waals surface area contributed by atoms with E-state index in [1.807, 2.05) is 39.1 Å². The molecule has 5 nitrogen and oxygen atoms in total. The van der Waals surface area contributed by atoms with Crippen LogP contribution in [0.15, 0.2) is 24.5 Å². The van der Waals surface area contributed by atoms with Gasteiger partial charge in [-0.25, -0.2) is 4.98 Å². The number of nitrogens with one attached hydrogen (secondary N) is 1. The Morgan fingerprint density at radius 3 is 2.57 bits per heavy atom. The maximum absolute atomic E-state index is 5.41. The van der Waals surface area contributed by atoms with Gasteiger partial charge in [0.25, 0.3) is 0 Å². The molecule has 2 rings (SSSR count). The quantitative estimate of drug-likeness (QED) is 0.884. The fourth-order valence-electron chi connectivity index (χ4n) is 2.15. The molecule has 0 aliphatic carbocycles. The molecule has 0 unspecified atom stereocenters. The lowest BCUT2D eigenvalue weighted by atomic mass is 10.1. The van der Waals surface area contributed by atoms with Crippen LogP contribution < -0.4 is 14.8 Å². The van der Waals surface area contributed by atoms with Gasteiger partial charge in [0.1, 0.15) is 5.75 Å². The van der Waals surface area contributed by atoms with Crippen molar-refractivity contribution in [1.29, 1.82) is 0 Å². The van der Waals surface area contributed by atoms with Crippen molar-refractivity contribution in [1.82, 2.24) is 9.97 Å². The van der Waals surface area contributed by atoms with Crippen molar-refractivity contribution < 1.29 is 9.47 Å². The number of hydrogen-bond acceptors (Lipinski definition) is 5. The highest BCUT2D eigenvalue weighted by Crippen LogP contribution is 2.24. The van der Waals surface area contributed by atoms with Gasteiger partial charge < -0.3 is 14.8 Å². The van der Waals surface area contributed by atoms with Crippen molar-refractivity contribution in [2.24, 2.45) is 0 Å². The van der Waals surface area contributed by atoms with E-state index in [0.717, 1.165) is 28.3 Å². The number of nitrogens with zero attached hydrogens (tertiary/aromatic N) is 2. The molecule has 2 heterocycles. The molecular formula is C16H21N3O2. The summed E-state index contributed by atoms with van der Waals surface area (Å²) < 4.78 is 10.7. The van der Waals surface area contributed by atoms with Crippen molar-refractivity contribution >= 4 is 5.69 Å².